The molecule has 2 aromatic carbocycles. The van der Waals surface area contributed by atoms with Gasteiger partial charge < -0.3 is 5.11 Å². The lowest BCUT2D eigenvalue weighted by Gasteiger charge is -2.57. The summed E-state index contributed by atoms with van der Waals surface area (Å²) in [7, 11) is 0. The zero-order valence-corrected chi connectivity index (χ0v) is 25.2. The van der Waals surface area contributed by atoms with Crippen LogP contribution in [0.25, 0.3) is 0 Å². The molecule has 212 valence electrons. The smallest absolute Gasteiger partial charge is 0.404 e. The Morgan fingerprint density at radius 3 is 2.21 bits per heavy atom. The van der Waals surface area contributed by atoms with Crippen LogP contribution in [-0.4, -0.2) is 23.5 Å². The van der Waals surface area contributed by atoms with Gasteiger partial charge in [-0.2, -0.15) is 13.2 Å². The maximum atomic E-state index is 15.9. The van der Waals surface area contributed by atoms with Crippen LogP contribution in [0.3, 0.4) is 0 Å². The number of aliphatic imine (C=N–C) groups is 1. The Labute approximate surface area is 248 Å². The van der Waals surface area contributed by atoms with Crippen molar-refractivity contribution in [3.05, 3.63) is 66.8 Å². The number of nitrogens with zero attached hydrogens (tertiary/aromatic N) is 1. The fourth-order valence-electron chi connectivity index (χ4n) is 7.19. The van der Waals surface area contributed by atoms with Gasteiger partial charge >= 0.3 is 12.1 Å². The minimum atomic E-state index is -5.15. The first-order valence-corrected chi connectivity index (χ1v) is 14.5. The average Bonchev–Trinajstić information content (AvgIpc) is 3.19. The van der Waals surface area contributed by atoms with Crippen LogP contribution in [0, 0.1) is 29.0 Å². The second kappa shape index (κ2) is 10.5. The molecule has 1 fully saturated rings. The van der Waals surface area contributed by atoms with E-state index in [2.05, 4.69) is 20.9 Å². The molecule has 0 radical (unpaired) electrons. The predicted octanol–water partition coefficient (Wildman–Crippen LogP) is 9.88. The molecule has 4 rings (SSSR count). The van der Waals surface area contributed by atoms with Gasteiger partial charge in [0.2, 0.25) is 0 Å². The number of rotatable bonds is 5. The van der Waals surface area contributed by atoms with E-state index in [-0.39, 0.29) is 43.9 Å². The van der Waals surface area contributed by atoms with Crippen LogP contribution in [0.15, 0.2) is 39.8 Å². The highest BCUT2D eigenvalue weighted by atomic mass is 79.9. The Kier molecular flexibility index (Phi) is 8.23. The molecule has 0 amide bonds. The van der Waals surface area contributed by atoms with E-state index in [0.717, 1.165) is 30.8 Å². The zero-order valence-electron chi connectivity index (χ0n) is 21.4. The van der Waals surface area contributed by atoms with Crippen LogP contribution in [0.4, 0.5) is 17.6 Å². The van der Waals surface area contributed by atoms with Crippen molar-refractivity contribution in [2.45, 2.75) is 63.6 Å². The monoisotopic (exact) mass is 669 g/mol. The van der Waals surface area contributed by atoms with Gasteiger partial charge in [-0.3, -0.25) is 9.79 Å². The van der Waals surface area contributed by atoms with Gasteiger partial charge in [0.15, 0.2) is 0 Å². The molecule has 11 heteroatoms. The number of carboxylic acids is 1. The van der Waals surface area contributed by atoms with E-state index in [9.17, 15) is 14.3 Å². The van der Waals surface area contributed by atoms with E-state index in [4.69, 9.17) is 34.8 Å². The standard InChI is InChI=1S/C28H27BrCl3F4NO2/c1-14(2)27(17-7-8-22(33)19(29)10-17)26(24(38)39,16-6-4-5-15(3)9-16)25(13-37-27,28(34,35)36)18-11-20(30)23(32)21(31)12-18/h7-8,10-16H,4-6,9H2,1-3H3,(H,38,39)/t15?,16?,25?,26?,27-/m0/s1. The first kappa shape index (κ1) is 30.6. The predicted molar refractivity (Wildman–Crippen MR) is 150 cm³/mol. The first-order chi connectivity index (χ1) is 18.1. The summed E-state index contributed by atoms with van der Waals surface area (Å²) in [6.07, 6.45) is -2.62. The summed E-state index contributed by atoms with van der Waals surface area (Å²) in [6, 6.07) is 5.85. The van der Waals surface area contributed by atoms with Crippen molar-refractivity contribution < 1.29 is 27.5 Å². The molecule has 1 heterocycles. The highest BCUT2D eigenvalue weighted by Gasteiger charge is 2.82. The summed E-state index contributed by atoms with van der Waals surface area (Å²) >= 11 is 21.8. The lowest BCUT2D eigenvalue weighted by atomic mass is 9.43. The Morgan fingerprint density at radius 2 is 1.72 bits per heavy atom. The van der Waals surface area contributed by atoms with Gasteiger partial charge in [0.25, 0.3) is 0 Å². The molecular formula is C28H27BrCl3F4NO2. The normalized spacial score (nSPS) is 31.2. The molecule has 2 aliphatic rings. The summed E-state index contributed by atoms with van der Waals surface area (Å²) in [4.78, 5) is 18.5. The van der Waals surface area contributed by atoms with Crippen LogP contribution in [0.2, 0.25) is 15.1 Å². The molecule has 0 aromatic heterocycles. The van der Waals surface area contributed by atoms with Gasteiger partial charge in [0.1, 0.15) is 22.2 Å². The fourth-order valence-corrected chi connectivity index (χ4v) is 8.16. The average molecular weight is 672 g/mol. The third-order valence-corrected chi connectivity index (χ3v) is 10.5. The number of hydrogen-bond acceptors (Lipinski definition) is 2. The highest BCUT2D eigenvalue weighted by Crippen LogP contribution is 2.71. The molecule has 5 atom stereocenters. The number of aliphatic carboxylic acids is 1. The van der Waals surface area contributed by atoms with Crippen molar-refractivity contribution in [2.24, 2.45) is 28.2 Å². The van der Waals surface area contributed by atoms with Gasteiger partial charge in [-0.1, -0.05) is 74.5 Å². The summed E-state index contributed by atoms with van der Waals surface area (Å²) in [5, 5.41) is 10.7. The molecule has 0 bridgehead atoms. The molecule has 1 saturated carbocycles. The lowest BCUT2D eigenvalue weighted by molar-refractivity contribution is -0.232. The minimum Gasteiger partial charge on any atom is -0.481 e. The SMILES string of the molecule is CC1CCCC(C2(C(=O)O)C(c3cc(Cl)c(Cl)c(Cl)c3)(C(F)(F)F)C=N[C@]2(c2ccc(F)c(Br)c2)C(C)C)C1. The quantitative estimate of drug-likeness (QED) is 0.254. The summed E-state index contributed by atoms with van der Waals surface area (Å²) in [6.45, 7) is 5.20. The molecular weight excluding hydrogens is 645 g/mol. The Bertz CT molecular complexity index is 1310. The Morgan fingerprint density at radius 1 is 1.10 bits per heavy atom. The molecule has 2 aromatic rings. The largest absolute Gasteiger partial charge is 0.481 e. The lowest BCUT2D eigenvalue weighted by Crippen LogP contribution is -2.69. The van der Waals surface area contributed by atoms with Crippen LogP contribution in [-0.2, 0) is 15.7 Å². The van der Waals surface area contributed by atoms with Crippen molar-refractivity contribution >= 4 is 62.9 Å². The van der Waals surface area contributed by atoms with Gasteiger partial charge in [-0.05, 0) is 81.9 Å². The minimum absolute atomic E-state index is 0.00591. The van der Waals surface area contributed by atoms with Crippen LogP contribution in [0.1, 0.15) is 57.6 Å². The van der Waals surface area contributed by atoms with E-state index >= 15 is 13.2 Å². The zero-order chi connectivity index (χ0) is 29.1. The van der Waals surface area contributed by atoms with Crippen LogP contribution >= 0.6 is 50.7 Å². The number of carbonyl (C=O) groups is 1. The Hall–Kier alpha value is -1.35. The third kappa shape index (κ3) is 4.26. The molecule has 39 heavy (non-hydrogen) atoms. The van der Waals surface area contributed by atoms with Crippen molar-refractivity contribution in [1.29, 1.82) is 0 Å². The number of carboxylic acid groups (broad SMARTS) is 1. The molecule has 1 N–H and O–H groups in total. The maximum absolute atomic E-state index is 15.9. The summed E-state index contributed by atoms with van der Waals surface area (Å²) in [5.74, 6) is -4.00. The van der Waals surface area contributed by atoms with Crippen molar-refractivity contribution in [3.63, 3.8) is 0 Å². The number of alkyl halides is 3. The number of hydrogen-bond donors (Lipinski definition) is 1. The van der Waals surface area contributed by atoms with Gasteiger partial charge in [0, 0.05) is 6.21 Å². The Balaban J connectivity index is 2.25. The van der Waals surface area contributed by atoms with E-state index in [1.165, 1.54) is 12.1 Å². The van der Waals surface area contributed by atoms with Gasteiger partial charge in [0.05, 0.1) is 19.5 Å². The molecule has 1 aliphatic carbocycles. The van der Waals surface area contributed by atoms with Crippen molar-refractivity contribution in [3.8, 4) is 0 Å². The van der Waals surface area contributed by atoms with Gasteiger partial charge in [-0.15, -0.1) is 0 Å². The molecule has 3 nitrogen and oxygen atoms in total. The molecule has 1 aliphatic heterocycles. The molecule has 0 saturated heterocycles. The first-order valence-electron chi connectivity index (χ1n) is 12.5. The molecule has 4 unspecified atom stereocenters. The highest BCUT2D eigenvalue weighted by molar-refractivity contribution is 9.10. The second-order valence-corrected chi connectivity index (χ2v) is 13.0. The van der Waals surface area contributed by atoms with E-state index < -0.39 is 51.7 Å². The van der Waals surface area contributed by atoms with E-state index in [1.54, 1.807) is 13.8 Å². The molecule has 0 spiro atoms. The van der Waals surface area contributed by atoms with Crippen LogP contribution in [0.5, 0.6) is 0 Å². The van der Waals surface area contributed by atoms with E-state index in [1.807, 2.05) is 6.92 Å². The van der Waals surface area contributed by atoms with Crippen LogP contribution < -0.4 is 0 Å². The summed E-state index contributed by atoms with van der Waals surface area (Å²) in [5.41, 5.74) is -7.96. The number of benzene rings is 2. The summed E-state index contributed by atoms with van der Waals surface area (Å²) < 4.78 is 62.1. The number of halogens is 8. The fraction of sp³-hybridized carbons (Fsp3) is 0.500. The second-order valence-electron chi connectivity index (χ2n) is 10.9. The van der Waals surface area contributed by atoms with Gasteiger partial charge in [-0.25, -0.2) is 4.39 Å². The van der Waals surface area contributed by atoms with Crippen molar-refractivity contribution in [1.82, 2.24) is 0 Å². The maximum Gasteiger partial charge on any atom is 0.404 e. The third-order valence-electron chi connectivity index (χ3n) is 8.65. The van der Waals surface area contributed by atoms with E-state index in [0.29, 0.717) is 6.42 Å². The topological polar surface area (TPSA) is 49.7 Å². The van der Waals surface area contributed by atoms with Crippen molar-refractivity contribution in [2.75, 3.05) is 0 Å².